The number of halogens is 2. The van der Waals surface area contributed by atoms with Gasteiger partial charge in [-0.25, -0.2) is 17.2 Å². The number of nitrogens with zero attached hydrogens (tertiary/aromatic N) is 4. The van der Waals surface area contributed by atoms with E-state index in [1.807, 2.05) is 19.1 Å². The predicted molar refractivity (Wildman–Crippen MR) is 109 cm³/mol. The van der Waals surface area contributed by atoms with E-state index in [9.17, 15) is 17.2 Å². The Labute approximate surface area is 172 Å². The van der Waals surface area contributed by atoms with Crippen LogP contribution in [0.4, 0.5) is 14.5 Å². The Balaban J connectivity index is 1.88. The number of aryl methyl sites for hydroxylation is 2. The quantitative estimate of drug-likeness (QED) is 0.482. The van der Waals surface area contributed by atoms with Crippen LogP contribution in [0.3, 0.4) is 0 Å². The smallest absolute Gasteiger partial charge is 0.268 e. The fourth-order valence-electron chi connectivity index (χ4n) is 3.14. The molecule has 9 heteroatoms. The lowest BCUT2D eigenvalue weighted by molar-refractivity contribution is 0.508. The van der Waals surface area contributed by atoms with Crippen molar-refractivity contribution < 1.29 is 17.2 Å². The topological polar surface area (TPSA) is 67.6 Å². The maximum absolute atomic E-state index is 14.0. The molecule has 0 amide bonds. The van der Waals surface area contributed by atoms with Crippen molar-refractivity contribution in [1.29, 1.82) is 0 Å². The molecule has 0 saturated heterocycles. The van der Waals surface area contributed by atoms with E-state index in [-0.39, 0.29) is 22.8 Å². The maximum atomic E-state index is 14.0. The highest BCUT2D eigenvalue weighted by atomic mass is 32.2. The molecule has 0 aliphatic heterocycles. The average molecular weight is 428 g/mol. The number of fused-ring (bicyclic) bond motifs is 1. The summed E-state index contributed by atoms with van der Waals surface area (Å²) in [6.07, 6.45) is 1.66. The molecule has 154 valence electrons. The molecule has 6 nitrogen and oxygen atoms in total. The van der Waals surface area contributed by atoms with Crippen LogP contribution in [0.2, 0.25) is 0 Å². The lowest BCUT2D eigenvalue weighted by Crippen LogP contribution is -2.31. The minimum absolute atomic E-state index is 0.00714. The largest absolute Gasteiger partial charge is 0.286 e. The van der Waals surface area contributed by atoms with Crippen LogP contribution < -0.4 is 4.31 Å². The fraction of sp³-hybridized carbons (Fsp3) is 0.143. The summed E-state index contributed by atoms with van der Waals surface area (Å²) in [5.41, 5.74) is 1.88. The van der Waals surface area contributed by atoms with Crippen molar-refractivity contribution >= 4 is 21.4 Å². The van der Waals surface area contributed by atoms with Crippen LogP contribution in [0, 0.1) is 25.5 Å². The van der Waals surface area contributed by atoms with Crippen LogP contribution in [0.15, 0.2) is 65.7 Å². The molecule has 0 spiro atoms. The zero-order chi connectivity index (χ0) is 21.5. The van der Waals surface area contributed by atoms with Crippen molar-refractivity contribution in [2.75, 3.05) is 4.31 Å². The van der Waals surface area contributed by atoms with Crippen molar-refractivity contribution in [2.45, 2.75) is 25.3 Å². The van der Waals surface area contributed by atoms with Crippen molar-refractivity contribution in [3.8, 4) is 0 Å². The molecule has 0 atom stereocenters. The highest BCUT2D eigenvalue weighted by Crippen LogP contribution is 2.29. The molecular formula is C21H18F2N4O2S. The number of aromatic nitrogens is 3. The van der Waals surface area contributed by atoms with E-state index < -0.39 is 21.7 Å². The zero-order valence-corrected chi connectivity index (χ0v) is 17.1. The summed E-state index contributed by atoms with van der Waals surface area (Å²) in [5.74, 6) is -1.66. The van der Waals surface area contributed by atoms with Gasteiger partial charge in [0, 0.05) is 12.3 Å². The van der Waals surface area contributed by atoms with Gasteiger partial charge >= 0.3 is 0 Å². The third-order valence-corrected chi connectivity index (χ3v) is 6.57. The first-order valence-electron chi connectivity index (χ1n) is 9.11. The molecule has 0 radical (unpaired) electrons. The third-order valence-electron chi connectivity index (χ3n) is 4.78. The second-order valence-electron chi connectivity index (χ2n) is 6.91. The maximum Gasteiger partial charge on any atom is 0.268 e. The van der Waals surface area contributed by atoms with Gasteiger partial charge in [0.2, 0.25) is 0 Å². The summed E-state index contributed by atoms with van der Waals surface area (Å²) in [5, 5.41) is 7.93. The van der Waals surface area contributed by atoms with Crippen molar-refractivity contribution in [1.82, 2.24) is 14.6 Å². The lowest BCUT2D eigenvalue weighted by atomic mass is 10.1. The number of benzene rings is 2. The molecule has 2 aromatic carbocycles. The molecule has 2 aromatic heterocycles. The van der Waals surface area contributed by atoms with Crippen LogP contribution in [-0.4, -0.2) is 23.0 Å². The summed E-state index contributed by atoms with van der Waals surface area (Å²) >= 11 is 0. The molecule has 0 fully saturated rings. The molecule has 4 rings (SSSR count). The number of rotatable bonds is 5. The number of hydrogen-bond donors (Lipinski definition) is 0. The Morgan fingerprint density at radius 1 is 0.967 bits per heavy atom. The van der Waals surface area contributed by atoms with Gasteiger partial charge in [-0.2, -0.15) is 0 Å². The first kappa shape index (κ1) is 20.0. The Morgan fingerprint density at radius 3 is 2.40 bits per heavy atom. The molecule has 0 bridgehead atoms. The first-order valence-corrected chi connectivity index (χ1v) is 10.5. The average Bonchev–Trinajstić information content (AvgIpc) is 3.10. The number of hydrogen-bond acceptors (Lipinski definition) is 4. The Hall–Kier alpha value is -3.33. The number of pyridine rings is 1. The number of anilines is 1. The van der Waals surface area contributed by atoms with Gasteiger partial charge in [-0.05, 0) is 43.7 Å². The van der Waals surface area contributed by atoms with Crippen LogP contribution in [0.1, 0.15) is 17.0 Å². The molecule has 0 N–H and O–H groups in total. The minimum Gasteiger partial charge on any atom is -0.286 e. The standard InChI is InChI=1S/C21H18F2N4O2S/c1-14-5-7-16(8-6-14)13-27(17-9-10-18(22)19(23)12-17)30(28,29)20-4-3-11-26-15(2)24-25-21(20)26/h3-12H,13H2,1-2H3. The summed E-state index contributed by atoms with van der Waals surface area (Å²) in [7, 11) is -4.18. The van der Waals surface area contributed by atoms with Gasteiger partial charge in [-0.15, -0.1) is 10.2 Å². The van der Waals surface area contributed by atoms with Gasteiger partial charge in [-0.1, -0.05) is 29.8 Å². The van der Waals surface area contributed by atoms with Gasteiger partial charge < -0.3 is 0 Å². The summed E-state index contributed by atoms with van der Waals surface area (Å²) in [6.45, 7) is 3.56. The first-order chi connectivity index (χ1) is 14.3. The molecule has 0 saturated carbocycles. The molecule has 30 heavy (non-hydrogen) atoms. The van der Waals surface area contributed by atoms with E-state index in [1.165, 1.54) is 12.1 Å². The highest BCUT2D eigenvalue weighted by Gasteiger charge is 2.29. The monoisotopic (exact) mass is 428 g/mol. The van der Waals surface area contributed by atoms with E-state index >= 15 is 0 Å². The van der Waals surface area contributed by atoms with E-state index in [0.717, 1.165) is 22.0 Å². The van der Waals surface area contributed by atoms with Gasteiger partial charge in [0.25, 0.3) is 10.0 Å². The molecule has 0 aliphatic carbocycles. The fourth-order valence-corrected chi connectivity index (χ4v) is 4.71. The second kappa shape index (κ2) is 7.49. The van der Waals surface area contributed by atoms with E-state index in [2.05, 4.69) is 10.2 Å². The Morgan fingerprint density at radius 2 is 1.70 bits per heavy atom. The molecular weight excluding hydrogens is 410 g/mol. The van der Waals surface area contributed by atoms with E-state index in [0.29, 0.717) is 11.4 Å². The Bertz CT molecular complexity index is 1340. The van der Waals surface area contributed by atoms with Crippen molar-refractivity contribution in [3.05, 3.63) is 89.4 Å². The normalized spacial score (nSPS) is 11.7. The summed E-state index contributed by atoms with van der Waals surface area (Å²) in [4.78, 5) is -0.0811. The van der Waals surface area contributed by atoms with Gasteiger partial charge in [0.15, 0.2) is 17.3 Å². The molecule has 2 heterocycles. The van der Waals surface area contributed by atoms with Gasteiger partial charge in [-0.3, -0.25) is 8.71 Å². The van der Waals surface area contributed by atoms with Crippen LogP contribution >= 0.6 is 0 Å². The summed E-state index contributed by atoms with van der Waals surface area (Å²) < 4.78 is 57.4. The number of sulfonamides is 1. The lowest BCUT2D eigenvalue weighted by Gasteiger charge is -2.25. The van der Waals surface area contributed by atoms with E-state index in [4.69, 9.17) is 0 Å². The SMILES string of the molecule is Cc1ccc(CN(c2ccc(F)c(F)c2)S(=O)(=O)c2cccn3c(C)nnc23)cc1. The Kier molecular flexibility index (Phi) is 4.98. The van der Waals surface area contributed by atoms with Crippen LogP contribution in [0.5, 0.6) is 0 Å². The van der Waals surface area contributed by atoms with E-state index in [1.54, 1.807) is 35.7 Å². The summed E-state index contributed by atoms with van der Waals surface area (Å²) in [6, 6.07) is 13.3. The van der Waals surface area contributed by atoms with Crippen LogP contribution in [0.25, 0.3) is 5.65 Å². The zero-order valence-electron chi connectivity index (χ0n) is 16.3. The predicted octanol–water partition coefficient (Wildman–Crippen LogP) is 4.02. The highest BCUT2D eigenvalue weighted by molar-refractivity contribution is 7.93. The van der Waals surface area contributed by atoms with Gasteiger partial charge in [0.05, 0.1) is 12.2 Å². The third kappa shape index (κ3) is 3.52. The minimum atomic E-state index is -4.18. The van der Waals surface area contributed by atoms with Crippen molar-refractivity contribution in [2.24, 2.45) is 0 Å². The van der Waals surface area contributed by atoms with Crippen LogP contribution in [-0.2, 0) is 16.6 Å². The molecule has 0 aliphatic rings. The second-order valence-corrected chi connectivity index (χ2v) is 8.74. The molecule has 4 aromatic rings. The van der Waals surface area contributed by atoms with Gasteiger partial charge in [0.1, 0.15) is 10.7 Å². The molecule has 0 unspecified atom stereocenters. The van der Waals surface area contributed by atoms with Crippen molar-refractivity contribution in [3.63, 3.8) is 0 Å².